The minimum absolute atomic E-state index is 0.0970. The van der Waals surface area contributed by atoms with Crippen molar-refractivity contribution in [1.29, 1.82) is 0 Å². The van der Waals surface area contributed by atoms with Crippen LogP contribution in [0.2, 0.25) is 0 Å². The molecular weight excluding hydrogens is 317 g/mol. The minimum atomic E-state index is -0.690. The number of amides is 2. The van der Waals surface area contributed by atoms with Crippen molar-refractivity contribution in [1.82, 2.24) is 15.5 Å². The molecule has 8 heteroatoms. The van der Waals surface area contributed by atoms with E-state index >= 15 is 0 Å². The van der Waals surface area contributed by atoms with Gasteiger partial charge in [0.1, 0.15) is 24.3 Å². The van der Waals surface area contributed by atoms with Crippen LogP contribution >= 0.6 is 0 Å². The number of hydrogen-bond donors (Lipinski definition) is 3. The summed E-state index contributed by atoms with van der Waals surface area (Å²) >= 11 is 0. The van der Waals surface area contributed by atoms with Crippen LogP contribution in [-0.4, -0.2) is 74.7 Å². The number of ether oxygens (including phenoxy) is 2. The van der Waals surface area contributed by atoms with E-state index in [0.29, 0.717) is 51.7 Å². The van der Waals surface area contributed by atoms with Gasteiger partial charge in [-0.1, -0.05) is 0 Å². The molecule has 7 nitrogen and oxygen atoms in total. The second-order valence-corrected chi connectivity index (χ2v) is 5.45. The molecule has 0 bridgehead atoms. The zero-order valence-corrected chi connectivity index (χ0v) is 13.5. The van der Waals surface area contributed by atoms with Crippen molar-refractivity contribution in [3.8, 4) is 5.75 Å². The van der Waals surface area contributed by atoms with Crippen LogP contribution in [0.15, 0.2) is 24.3 Å². The molecule has 2 rings (SSSR count). The predicted molar refractivity (Wildman–Crippen MR) is 86.6 cm³/mol. The molecule has 1 heterocycles. The molecule has 1 aromatic rings. The number of halogens is 1. The Bertz CT molecular complexity index is 495. The average molecular weight is 341 g/mol. The van der Waals surface area contributed by atoms with Crippen molar-refractivity contribution in [2.75, 3.05) is 52.5 Å². The second kappa shape index (κ2) is 10.1. The number of rotatable bonds is 8. The number of aliphatic hydroxyl groups excluding tert-OH is 1. The summed E-state index contributed by atoms with van der Waals surface area (Å²) in [7, 11) is 0. The van der Waals surface area contributed by atoms with Crippen molar-refractivity contribution in [3.05, 3.63) is 30.1 Å². The van der Waals surface area contributed by atoms with E-state index < -0.39 is 6.10 Å². The number of aliphatic hydroxyl groups is 1. The van der Waals surface area contributed by atoms with Gasteiger partial charge in [0.15, 0.2) is 0 Å². The van der Waals surface area contributed by atoms with Crippen molar-refractivity contribution in [2.45, 2.75) is 6.10 Å². The highest BCUT2D eigenvalue weighted by Crippen LogP contribution is 2.11. The molecular formula is C16H24FN3O4. The predicted octanol–water partition coefficient (Wildman–Crippen LogP) is 0.197. The lowest BCUT2D eigenvalue weighted by atomic mass is 10.3. The highest BCUT2D eigenvalue weighted by molar-refractivity contribution is 5.74. The highest BCUT2D eigenvalue weighted by atomic mass is 19.1. The van der Waals surface area contributed by atoms with E-state index in [0.717, 1.165) is 0 Å². The molecule has 0 saturated carbocycles. The summed E-state index contributed by atoms with van der Waals surface area (Å²) in [6.45, 7) is 3.84. The van der Waals surface area contributed by atoms with Gasteiger partial charge in [0.2, 0.25) is 0 Å². The van der Waals surface area contributed by atoms with Crippen LogP contribution in [0, 0.1) is 5.82 Å². The number of morpholine rings is 1. The number of carbonyl (C=O) groups is 1. The van der Waals surface area contributed by atoms with E-state index in [9.17, 15) is 14.3 Å². The van der Waals surface area contributed by atoms with E-state index in [1.807, 2.05) is 0 Å². The quantitative estimate of drug-likeness (QED) is 0.588. The van der Waals surface area contributed by atoms with Crippen LogP contribution in [0.25, 0.3) is 0 Å². The third-order valence-corrected chi connectivity index (χ3v) is 3.51. The first-order chi connectivity index (χ1) is 11.6. The molecule has 0 spiro atoms. The Hall–Kier alpha value is -1.90. The molecule has 3 N–H and O–H groups in total. The third-order valence-electron chi connectivity index (χ3n) is 3.51. The van der Waals surface area contributed by atoms with Gasteiger partial charge in [-0.2, -0.15) is 0 Å². The lowest BCUT2D eigenvalue weighted by Gasteiger charge is -2.27. The van der Waals surface area contributed by atoms with Crippen LogP contribution in [0.3, 0.4) is 0 Å². The zero-order valence-electron chi connectivity index (χ0n) is 13.5. The second-order valence-electron chi connectivity index (χ2n) is 5.45. The molecule has 0 aromatic heterocycles. The van der Waals surface area contributed by atoms with Crippen LogP contribution < -0.4 is 15.4 Å². The van der Waals surface area contributed by atoms with Crippen LogP contribution in [0.5, 0.6) is 5.75 Å². The number of carbonyl (C=O) groups excluding carboxylic acids is 1. The summed E-state index contributed by atoms with van der Waals surface area (Å²) in [5.74, 6) is 0.178. The van der Waals surface area contributed by atoms with E-state index in [2.05, 4.69) is 10.6 Å². The fourth-order valence-corrected chi connectivity index (χ4v) is 2.19. The molecule has 1 fully saturated rings. The Kier molecular flexibility index (Phi) is 7.73. The Morgan fingerprint density at radius 1 is 1.29 bits per heavy atom. The first-order valence-corrected chi connectivity index (χ1v) is 8.03. The zero-order chi connectivity index (χ0) is 17.2. The van der Waals surface area contributed by atoms with Crippen LogP contribution in [-0.2, 0) is 4.74 Å². The smallest absolute Gasteiger partial charge is 0.317 e. The summed E-state index contributed by atoms with van der Waals surface area (Å²) in [5.41, 5.74) is 0. The topological polar surface area (TPSA) is 83.1 Å². The van der Waals surface area contributed by atoms with Crippen molar-refractivity contribution in [2.24, 2.45) is 0 Å². The summed E-state index contributed by atoms with van der Waals surface area (Å²) in [6, 6.07) is 5.53. The number of urea groups is 1. The maximum Gasteiger partial charge on any atom is 0.317 e. The summed E-state index contributed by atoms with van der Waals surface area (Å²) in [4.78, 5) is 13.5. The molecule has 1 aliphatic heterocycles. The van der Waals surface area contributed by atoms with E-state index in [4.69, 9.17) is 9.47 Å². The fourth-order valence-electron chi connectivity index (χ4n) is 2.19. The molecule has 0 radical (unpaired) electrons. The lowest BCUT2D eigenvalue weighted by Crippen LogP contribution is -2.47. The van der Waals surface area contributed by atoms with Crippen molar-refractivity contribution >= 4 is 6.03 Å². The molecule has 24 heavy (non-hydrogen) atoms. The number of hydrogen-bond acceptors (Lipinski definition) is 5. The molecule has 1 aromatic carbocycles. The first kappa shape index (κ1) is 18.4. The van der Waals surface area contributed by atoms with Gasteiger partial charge in [-0.05, 0) is 24.3 Å². The normalized spacial score (nSPS) is 15.8. The van der Waals surface area contributed by atoms with E-state index in [1.54, 1.807) is 4.90 Å². The lowest BCUT2D eigenvalue weighted by molar-refractivity contribution is 0.0532. The summed E-state index contributed by atoms with van der Waals surface area (Å²) < 4.78 is 23.3. The highest BCUT2D eigenvalue weighted by Gasteiger charge is 2.15. The third kappa shape index (κ3) is 6.69. The minimum Gasteiger partial charge on any atom is -0.491 e. The van der Waals surface area contributed by atoms with E-state index in [-0.39, 0.29) is 18.5 Å². The largest absolute Gasteiger partial charge is 0.491 e. The first-order valence-electron chi connectivity index (χ1n) is 8.03. The monoisotopic (exact) mass is 341 g/mol. The SMILES string of the molecule is O=C(NCCNC[C@H](O)COc1ccc(F)cc1)N1CCOCC1. The summed E-state index contributed by atoms with van der Waals surface area (Å²) in [6.07, 6.45) is -0.690. The maximum atomic E-state index is 12.7. The van der Waals surface area contributed by atoms with Crippen LogP contribution in [0.4, 0.5) is 9.18 Å². The molecule has 1 aliphatic rings. The van der Waals surface area contributed by atoms with Gasteiger partial charge in [-0.3, -0.25) is 0 Å². The Labute approximate surface area is 140 Å². The van der Waals surface area contributed by atoms with Gasteiger partial charge in [0.05, 0.1) is 13.2 Å². The standard InChI is InChI=1S/C16H24FN3O4/c17-13-1-3-15(4-2-13)24-12-14(21)11-18-5-6-19-16(22)20-7-9-23-10-8-20/h1-4,14,18,21H,5-12H2,(H,19,22)/t14-/m0/s1. The van der Waals surface area contributed by atoms with E-state index in [1.165, 1.54) is 24.3 Å². The number of nitrogens with one attached hydrogen (secondary N) is 2. The fraction of sp³-hybridized carbons (Fsp3) is 0.562. The van der Waals surface area contributed by atoms with Gasteiger partial charge >= 0.3 is 6.03 Å². The molecule has 134 valence electrons. The summed E-state index contributed by atoms with van der Waals surface area (Å²) in [5, 5.41) is 15.7. The Morgan fingerprint density at radius 2 is 2.00 bits per heavy atom. The average Bonchev–Trinajstić information content (AvgIpc) is 2.61. The van der Waals surface area contributed by atoms with Crippen molar-refractivity contribution < 1.29 is 23.8 Å². The van der Waals surface area contributed by atoms with Crippen molar-refractivity contribution in [3.63, 3.8) is 0 Å². The van der Waals surface area contributed by atoms with Gasteiger partial charge < -0.3 is 30.1 Å². The molecule has 1 atom stereocenters. The van der Waals surface area contributed by atoms with Gasteiger partial charge in [0.25, 0.3) is 0 Å². The van der Waals surface area contributed by atoms with Gasteiger partial charge in [-0.25, -0.2) is 9.18 Å². The molecule has 1 saturated heterocycles. The van der Waals surface area contributed by atoms with Gasteiger partial charge in [0, 0.05) is 32.7 Å². The maximum absolute atomic E-state index is 12.7. The molecule has 2 amide bonds. The Morgan fingerprint density at radius 3 is 2.71 bits per heavy atom. The number of nitrogens with zero attached hydrogens (tertiary/aromatic N) is 1. The molecule has 0 unspecified atom stereocenters. The Balaban J connectivity index is 1.50. The molecule has 0 aliphatic carbocycles. The van der Waals surface area contributed by atoms with Gasteiger partial charge in [-0.15, -0.1) is 0 Å². The van der Waals surface area contributed by atoms with Crippen LogP contribution in [0.1, 0.15) is 0 Å². The number of benzene rings is 1.